The number of nitrogens with one attached hydrogen (secondary N) is 1. The lowest BCUT2D eigenvalue weighted by atomic mass is 9.99. The molecular formula is C29H33ClN2O3. The van der Waals surface area contributed by atoms with E-state index in [1.54, 1.807) is 12.1 Å². The monoisotopic (exact) mass is 492 g/mol. The Morgan fingerprint density at radius 1 is 1.09 bits per heavy atom. The number of hydrogen-bond acceptors (Lipinski definition) is 4. The number of carbonyl (C=O) groups is 1. The minimum absolute atomic E-state index is 0.229. The second-order valence-corrected chi connectivity index (χ2v) is 9.53. The van der Waals surface area contributed by atoms with Crippen molar-refractivity contribution in [1.82, 2.24) is 10.2 Å². The Morgan fingerprint density at radius 2 is 1.80 bits per heavy atom. The number of hydrogen-bond donors (Lipinski definition) is 2. The topological polar surface area (TPSA) is 61.8 Å². The molecule has 0 unspecified atom stereocenters. The van der Waals surface area contributed by atoms with Gasteiger partial charge in [-0.05, 0) is 66.6 Å². The van der Waals surface area contributed by atoms with Crippen LogP contribution in [0.3, 0.4) is 0 Å². The zero-order valence-corrected chi connectivity index (χ0v) is 20.9. The molecule has 1 heterocycles. The van der Waals surface area contributed by atoms with Gasteiger partial charge in [-0.25, -0.2) is 4.79 Å². The number of aryl methyl sites for hydroxylation is 2. The van der Waals surface area contributed by atoms with Crippen molar-refractivity contribution in [3.8, 4) is 16.9 Å². The first-order valence-corrected chi connectivity index (χ1v) is 12.6. The van der Waals surface area contributed by atoms with Gasteiger partial charge in [-0.1, -0.05) is 60.1 Å². The quantitative estimate of drug-likeness (QED) is 0.356. The van der Waals surface area contributed by atoms with E-state index in [4.69, 9.17) is 16.3 Å². The Bertz CT molecular complexity index is 1120. The molecule has 3 aromatic carbocycles. The van der Waals surface area contributed by atoms with Crippen LogP contribution in [0.1, 0.15) is 34.3 Å². The fraction of sp³-hybridized carbons (Fsp3) is 0.345. The average Bonchev–Trinajstić information content (AvgIpc) is 2.87. The van der Waals surface area contributed by atoms with E-state index in [0.717, 1.165) is 56.0 Å². The SMILES string of the molecule is Cc1cccc(C(=O)O)c1OCCCN1CCNC[C@H]1CCc1ccc(-c2ccc(Cl)cc2)cc1. The zero-order valence-electron chi connectivity index (χ0n) is 20.2. The van der Waals surface area contributed by atoms with Crippen molar-refractivity contribution < 1.29 is 14.6 Å². The predicted octanol–water partition coefficient (Wildman–Crippen LogP) is 5.69. The van der Waals surface area contributed by atoms with Gasteiger partial charge in [-0.2, -0.15) is 0 Å². The lowest BCUT2D eigenvalue weighted by Gasteiger charge is -2.36. The molecule has 1 fully saturated rings. The highest BCUT2D eigenvalue weighted by Gasteiger charge is 2.21. The number of para-hydroxylation sites is 1. The van der Waals surface area contributed by atoms with E-state index in [1.165, 1.54) is 16.7 Å². The highest BCUT2D eigenvalue weighted by Crippen LogP contribution is 2.24. The van der Waals surface area contributed by atoms with Crippen LogP contribution in [0.4, 0.5) is 0 Å². The van der Waals surface area contributed by atoms with Gasteiger partial charge in [-0.15, -0.1) is 0 Å². The Balaban J connectivity index is 1.27. The van der Waals surface area contributed by atoms with Crippen LogP contribution < -0.4 is 10.1 Å². The number of halogens is 1. The van der Waals surface area contributed by atoms with Crippen LogP contribution >= 0.6 is 11.6 Å². The first kappa shape index (κ1) is 25.2. The molecule has 0 radical (unpaired) electrons. The van der Waals surface area contributed by atoms with Crippen molar-refractivity contribution in [2.45, 2.75) is 32.2 Å². The van der Waals surface area contributed by atoms with Crippen molar-refractivity contribution in [2.24, 2.45) is 0 Å². The third-order valence-corrected chi connectivity index (χ3v) is 6.90. The predicted molar refractivity (Wildman–Crippen MR) is 142 cm³/mol. The molecule has 6 heteroatoms. The molecule has 0 bridgehead atoms. The Morgan fingerprint density at radius 3 is 2.51 bits per heavy atom. The lowest BCUT2D eigenvalue weighted by Crippen LogP contribution is -2.51. The van der Waals surface area contributed by atoms with E-state index in [-0.39, 0.29) is 5.56 Å². The summed E-state index contributed by atoms with van der Waals surface area (Å²) in [5.41, 5.74) is 4.80. The summed E-state index contributed by atoms with van der Waals surface area (Å²) in [5, 5.41) is 13.7. The summed E-state index contributed by atoms with van der Waals surface area (Å²) >= 11 is 6.01. The van der Waals surface area contributed by atoms with Gasteiger partial charge in [0.2, 0.25) is 0 Å². The number of nitrogens with zero attached hydrogens (tertiary/aromatic N) is 1. The maximum Gasteiger partial charge on any atom is 0.339 e. The van der Waals surface area contributed by atoms with Gasteiger partial charge in [0.25, 0.3) is 0 Å². The first-order chi connectivity index (χ1) is 17.0. The minimum Gasteiger partial charge on any atom is -0.492 e. The molecule has 0 amide bonds. The summed E-state index contributed by atoms with van der Waals surface area (Å²) in [5.74, 6) is -0.467. The van der Waals surface area contributed by atoms with Gasteiger partial charge in [-0.3, -0.25) is 4.90 Å². The molecular weight excluding hydrogens is 460 g/mol. The summed E-state index contributed by atoms with van der Waals surface area (Å²) in [7, 11) is 0. The standard InChI is InChI=1S/C29H33ClN2O3/c1-21-4-2-5-27(29(33)34)28(21)35-19-3-17-32-18-16-31-20-26(32)15-8-22-6-9-23(10-7-22)24-11-13-25(30)14-12-24/h2,4-7,9-14,26,31H,3,8,15-20H2,1H3,(H,33,34)/t26-/m1/s1. The molecule has 184 valence electrons. The Labute approximate surface area is 212 Å². The minimum atomic E-state index is -0.952. The number of carboxylic acid groups (broad SMARTS) is 1. The van der Waals surface area contributed by atoms with E-state index in [1.807, 2.05) is 37.3 Å². The average molecular weight is 493 g/mol. The van der Waals surface area contributed by atoms with E-state index >= 15 is 0 Å². The number of benzene rings is 3. The van der Waals surface area contributed by atoms with Gasteiger partial charge < -0.3 is 15.2 Å². The second kappa shape index (κ2) is 12.2. The Hall–Kier alpha value is -2.86. The molecule has 2 N–H and O–H groups in total. The summed E-state index contributed by atoms with van der Waals surface area (Å²) in [6, 6.07) is 22.5. The van der Waals surface area contributed by atoms with Crippen LogP contribution in [0.5, 0.6) is 5.75 Å². The number of piperazine rings is 1. The molecule has 1 atom stereocenters. The highest BCUT2D eigenvalue weighted by molar-refractivity contribution is 6.30. The van der Waals surface area contributed by atoms with Crippen LogP contribution in [-0.2, 0) is 6.42 Å². The summed E-state index contributed by atoms with van der Waals surface area (Å²) in [6.45, 7) is 6.34. The fourth-order valence-electron chi connectivity index (χ4n) is 4.68. The molecule has 1 aliphatic rings. The largest absolute Gasteiger partial charge is 0.492 e. The van der Waals surface area contributed by atoms with Crippen LogP contribution in [0.25, 0.3) is 11.1 Å². The summed E-state index contributed by atoms with van der Waals surface area (Å²) < 4.78 is 5.91. The molecule has 0 aliphatic carbocycles. The lowest BCUT2D eigenvalue weighted by molar-refractivity contribution is 0.0691. The number of rotatable bonds is 10. The van der Waals surface area contributed by atoms with Crippen molar-refractivity contribution in [2.75, 3.05) is 32.8 Å². The summed E-state index contributed by atoms with van der Waals surface area (Å²) in [4.78, 5) is 14.0. The molecule has 1 saturated heterocycles. The number of aromatic carboxylic acids is 1. The van der Waals surface area contributed by atoms with Gasteiger partial charge in [0, 0.05) is 37.2 Å². The van der Waals surface area contributed by atoms with Gasteiger partial charge >= 0.3 is 5.97 Å². The molecule has 3 aromatic rings. The third kappa shape index (κ3) is 6.85. The molecule has 4 rings (SSSR count). The third-order valence-electron chi connectivity index (χ3n) is 6.65. The smallest absolute Gasteiger partial charge is 0.339 e. The van der Waals surface area contributed by atoms with Crippen molar-refractivity contribution in [1.29, 1.82) is 0 Å². The van der Waals surface area contributed by atoms with Crippen molar-refractivity contribution >= 4 is 17.6 Å². The van der Waals surface area contributed by atoms with E-state index in [0.29, 0.717) is 18.4 Å². The van der Waals surface area contributed by atoms with Gasteiger partial charge in [0.05, 0.1) is 6.61 Å². The van der Waals surface area contributed by atoms with Crippen molar-refractivity contribution in [3.63, 3.8) is 0 Å². The molecule has 1 aliphatic heterocycles. The number of ether oxygens (including phenoxy) is 1. The van der Waals surface area contributed by atoms with E-state index in [9.17, 15) is 9.90 Å². The molecule has 35 heavy (non-hydrogen) atoms. The second-order valence-electron chi connectivity index (χ2n) is 9.10. The first-order valence-electron chi connectivity index (χ1n) is 12.3. The van der Waals surface area contributed by atoms with E-state index in [2.05, 4.69) is 34.5 Å². The molecule has 0 saturated carbocycles. The maximum absolute atomic E-state index is 11.5. The van der Waals surface area contributed by atoms with Gasteiger partial charge in [0.1, 0.15) is 11.3 Å². The van der Waals surface area contributed by atoms with Crippen molar-refractivity contribution in [3.05, 3.63) is 88.4 Å². The highest BCUT2D eigenvalue weighted by atomic mass is 35.5. The molecule has 5 nitrogen and oxygen atoms in total. The maximum atomic E-state index is 11.5. The van der Waals surface area contributed by atoms with Crippen LogP contribution in [0, 0.1) is 6.92 Å². The van der Waals surface area contributed by atoms with E-state index < -0.39 is 5.97 Å². The zero-order chi connectivity index (χ0) is 24.6. The fourth-order valence-corrected chi connectivity index (χ4v) is 4.80. The van der Waals surface area contributed by atoms with Crippen LogP contribution in [0.2, 0.25) is 5.02 Å². The number of carboxylic acids is 1. The molecule has 0 spiro atoms. The molecule has 0 aromatic heterocycles. The Kier molecular flexibility index (Phi) is 8.80. The van der Waals surface area contributed by atoms with Crippen LogP contribution in [0.15, 0.2) is 66.7 Å². The van der Waals surface area contributed by atoms with Crippen LogP contribution in [-0.4, -0.2) is 54.8 Å². The normalized spacial score (nSPS) is 16.2. The van der Waals surface area contributed by atoms with Gasteiger partial charge in [0.15, 0.2) is 0 Å². The summed E-state index contributed by atoms with van der Waals surface area (Å²) in [6.07, 6.45) is 2.99.